The van der Waals surface area contributed by atoms with Crippen LogP contribution in [0.15, 0.2) is 39.4 Å². The van der Waals surface area contributed by atoms with Crippen molar-refractivity contribution in [2.45, 2.75) is 9.10 Å². The molecule has 1 aliphatic rings. The van der Waals surface area contributed by atoms with E-state index in [9.17, 15) is 16.8 Å². The predicted octanol–water partition coefficient (Wildman–Crippen LogP) is 2.11. The minimum Gasteiger partial charge on any atom is -0.497 e. The van der Waals surface area contributed by atoms with Crippen LogP contribution in [-0.2, 0) is 20.0 Å². The molecule has 0 aliphatic carbocycles. The van der Waals surface area contributed by atoms with Gasteiger partial charge in [0, 0.05) is 32.2 Å². The molecule has 0 radical (unpaired) electrons. The zero-order valence-electron chi connectivity index (χ0n) is 15.2. The fourth-order valence-electron chi connectivity index (χ4n) is 2.84. The summed E-state index contributed by atoms with van der Waals surface area (Å²) in [6.45, 7) is 0.177. The number of sulfonamides is 2. The van der Waals surface area contributed by atoms with Crippen molar-refractivity contribution in [1.29, 1.82) is 0 Å². The van der Waals surface area contributed by atoms with E-state index >= 15 is 0 Å². The molecule has 8 nitrogen and oxygen atoms in total. The Morgan fingerprint density at radius 2 is 1.50 bits per heavy atom. The quantitative estimate of drug-likeness (QED) is 0.647. The molecule has 1 aliphatic heterocycles. The molecule has 154 valence electrons. The van der Waals surface area contributed by atoms with Crippen molar-refractivity contribution in [3.05, 3.63) is 34.7 Å². The molecule has 1 fully saturated rings. The molecule has 12 heteroatoms. The number of hydrogen-bond donors (Lipinski definition) is 0. The summed E-state index contributed by atoms with van der Waals surface area (Å²) in [6.07, 6.45) is 0. The van der Waals surface area contributed by atoms with Crippen molar-refractivity contribution >= 4 is 43.0 Å². The minimum absolute atomic E-state index is 0.0112. The molecule has 2 heterocycles. The molecule has 0 unspecified atom stereocenters. The Morgan fingerprint density at radius 3 is 2.00 bits per heavy atom. The Morgan fingerprint density at radius 1 is 0.893 bits per heavy atom. The molecule has 0 bridgehead atoms. The second kappa shape index (κ2) is 8.17. The van der Waals surface area contributed by atoms with Gasteiger partial charge in [0.05, 0.1) is 18.6 Å². The smallest absolute Gasteiger partial charge is 0.252 e. The number of hydrogen-bond acceptors (Lipinski definition) is 7. The SMILES string of the molecule is COc1ccc(S(=O)(=O)N2CCN(S(=O)(=O)c3ccc(Cl)s3)CC2)c(OC)c1. The monoisotopic (exact) mass is 466 g/mol. The highest BCUT2D eigenvalue weighted by atomic mass is 35.5. The van der Waals surface area contributed by atoms with E-state index in [4.69, 9.17) is 21.1 Å². The summed E-state index contributed by atoms with van der Waals surface area (Å²) in [5.41, 5.74) is 0. The van der Waals surface area contributed by atoms with Gasteiger partial charge in [-0.3, -0.25) is 0 Å². The largest absolute Gasteiger partial charge is 0.497 e. The lowest BCUT2D eigenvalue weighted by Crippen LogP contribution is -2.50. The number of nitrogens with zero attached hydrogens (tertiary/aromatic N) is 2. The van der Waals surface area contributed by atoms with Crippen molar-refractivity contribution < 1.29 is 26.3 Å². The summed E-state index contributed by atoms with van der Waals surface area (Å²) < 4.78 is 64.7. The third-order valence-corrected chi connectivity index (χ3v) is 9.86. The number of halogens is 1. The Bertz CT molecular complexity index is 1060. The van der Waals surface area contributed by atoms with Gasteiger partial charge in [0.25, 0.3) is 10.0 Å². The highest BCUT2D eigenvalue weighted by Gasteiger charge is 2.35. The average molecular weight is 467 g/mol. The van der Waals surface area contributed by atoms with Crippen LogP contribution >= 0.6 is 22.9 Å². The molecule has 1 aromatic heterocycles. The maximum Gasteiger partial charge on any atom is 0.252 e. The molecule has 0 amide bonds. The van der Waals surface area contributed by atoms with Gasteiger partial charge >= 0.3 is 0 Å². The van der Waals surface area contributed by atoms with E-state index in [0.29, 0.717) is 10.1 Å². The van der Waals surface area contributed by atoms with E-state index < -0.39 is 20.0 Å². The maximum atomic E-state index is 13.0. The summed E-state index contributed by atoms with van der Waals surface area (Å²) in [7, 11) is -4.68. The van der Waals surface area contributed by atoms with Gasteiger partial charge in [-0.25, -0.2) is 16.8 Å². The number of benzene rings is 1. The molecule has 3 rings (SSSR count). The number of thiophene rings is 1. The third kappa shape index (κ3) is 4.00. The van der Waals surface area contributed by atoms with E-state index in [2.05, 4.69) is 0 Å². The second-order valence-electron chi connectivity index (χ2n) is 5.88. The van der Waals surface area contributed by atoms with Gasteiger partial charge in [-0.2, -0.15) is 8.61 Å². The lowest BCUT2D eigenvalue weighted by atomic mass is 10.3. The topological polar surface area (TPSA) is 93.2 Å². The van der Waals surface area contributed by atoms with Crippen molar-refractivity contribution in [2.24, 2.45) is 0 Å². The summed E-state index contributed by atoms with van der Waals surface area (Å²) in [4.78, 5) is 0.0112. The Kier molecular flexibility index (Phi) is 6.23. The van der Waals surface area contributed by atoms with Gasteiger partial charge in [-0.15, -0.1) is 11.3 Å². The summed E-state index contributed by atoms with van der Waals surface area (Å²) in [6, 6.07) is 7.43. The molecule has 0 saturated carbocycles. The first-order valence-electron chi connectivity index (χ1n) is 8.18. The van der Waals surface area contributed by atoms with Crippen LogP contribution < -0.4 is 9.47 Å². The van der Waals surface area contributed by atoms with Crippen molar-refractivity contribution in [3.63, 3.8) is 0 Å². The first-order valence-corrected chi connectivity index (χ1v) is 12.3. The van der Waals surface area contributed by atoms with Gasteiger partial charge in [-0.1, -0.05) is 11.6 Å². The molecular weight excluding hydrogens is 448 g/mol. The van der Waals surface area contributed by atoms with Gasteiger partial charge in [0.2, 0.25) is 10.0 Å². The molecule has 1 aromatic carbocycles. The first-order chi connectivity index (χ1) is 13.2. The third-order valence-electron chi connectivity index (χ3n) is 4.33. The zero-order valence-corrected chi connectivity index (χ0v) is 18.4. The van der Waals surface area contributed by atoms with Gasteiger partial charge < -0.3 is 9.47 Å². The summed E-state index contributed by atoms with van der Waals surface area (Å²) in [5, 5.41) is 0. The van der Waals surface area contributed by atoms with E-state index in [0.717, 1.165) is 11.3 Å². The van der Waals surface area contributed by atoms with E-state index in [1.807, 2.05) is 0 Å². The zero-order chi connectivity index (χ0) is 20.5. The standard InChI is InChI=1S/C16H19ClN2O6S3/c1-24-12-3-4-14(13(11-12)25-2)27(20,21)18-7-9-19(10-8-18)28(22,23)16-6-5-15(17)26-16/h3-6,11H,7-10H2,1-2H3. The molecule has 0 spiro atoms. The fraction of sp³-hybridized carbons (Fsp3) is 0.375. The van der Waals surface area contributed by atoms with Crippen LogP contribution in [-0.4, -0.2) is 65.8 Å². The van der Waals surface area contributed by atoms with E-state index in [1.54, 1.807) is 0 Å². The molecule has 2 aromatic rings. The Hall–Kier alpha value is -1.37. The number of piperazine rings is 1. The van der Waals surface area contributed by atoms with Crippen LogP contribution in [0.3, 0.4) is 0 Å². The van der Waals surface area contributed by atoms with E-state index in [-0.39, 0.29) is 41.0 Å². The molecule has 0 atom stereocenters. The normalized spacial score (nSPS) is 16.8. The van der Waals surface area contributed by atoms with Crippen LogP contribution in [0.1, 0.15) is 0 Å². The van der Waals surface area contributed by atoms with Gasteiger partial charge in [0.1, 0.15) is 20.6 Å². The number of ether oxygens (including phenoxy) is 2. The minimum atomic E-state index is -3.85. The fourth-order valence-corrected chi connectivity index (χ4v) is 7.46. The van der Waals surface area contributed by atoms with Gasteiger partial charge in [0.15, 0.2) is 0 Å². The average Bonchev–Trinajstić information content (AvgIpc) is 3.14. The Balaban J connectivity index is 1.79. The lowest BCUT2D eigenvalue weighted by molar-refractivity contribution is 0.272. The van der Waals surface area contributed by atoms with Crippen molar-refractivity contribution in [2.75, 3.05) is 40.4 Å². The van der Waals surface area contributed by atoms with Crippen LogP contribution in [0.2, 0.25) is 4.34 Å². The maximum absolute atomic E-state index is 13.0. The number of methoxy groups -OCH3 is 2. The molecular formula is C16H19ClN2O6S3. The number of rotatable bonds is 6. The lowest BCUT2D eigenvalue weighted by Gasteiger charge is -2.33. The summed E-state index contributed by atoms with van der Waals surface area (Å²) in [5.74, 6) is 0.643. The van der Waals surface area contributed by atoms with Crippen molar-refractivity contribution in [3.8, 4) is 11.5 Å². The van der Waals surface area contributed by atoms with Crippen LogP contribution in [0, 0.1) is 0 Å². The molecule has 28 heavy (non-hydrogen) atoms. The van der Waals surface area contributed by atoms with Crippen LogP contribution in [0.5, 0.6) is 11.5 Å². The summed E-state index contributed by atoms with van der Waals surface area (Å²) >= 11 is 6.81. The molecule has 1 saturated heterocycles. The highest BCUT2D eigenvalue weighted by molar-refractivity contribution is 7.91. The van der Waals surface area contributed by atoms with Gasteiger partial charge in [-0.05, 0) is 24.3 Å². The Labute approximate surface area is 173 Å². The van der Waals surface area contributed by atoms with Crippen molar-refractivity contribution in [1.82, 2.24) is 8.61 Å². The van der Waals surface area contributed by atoms with Crippen LogP contribution in [0.4, 0.5) is 0 Å². The van der Waals surface area contributed by atoms with Crippen LogP contribution in [0.25, 0.3) is 0 Å². The van der Waals surface area contributed by atoms with E-state index in [1.165, 1.54) is 53.2 Å². The first kappa shape index (κ1) is 21.3. The second-order valence-corrected chi connectivity index (χ2v) is 11.7. The predicted molar refractivity (Wildman–Crippen MR) is 106 cm³/mol. The molecule has 0 N–H and O–H groups in total. The highest BCUT2D eigenvalue weighted by Crippen LogP contribution is 2.32.